The standard InChI is InChI=1S/C9H9F2NO2.C2H6/c1-12-9(13)5-3-6(10)7(11)4-8(5)14-2;1-2/h3-4H,1-2H3,(H,12,13);1-2H3. The van der Waals surface area contributed by atoms with Gasteiger partial charge in [-0.15, -0.1) is 0 Å². The van der Waals surface area contributed by atoms with Crippen LogP contribution in [0.2, 0.25) is 0 Å². The van der Waals surface area contributed by atoms with E-state index in [1.807, 2.05) is 13.8 Å². The van der Waals surface area contributed by atoms with E-state index in [0.717, 1.165) is 12.1 Å². The van der Waals surface area contributed by atoms with E-state index >= 15 is 0 Å². The molecule has 16 heavy (non-hydrogen) atoms. The third-order valence-electron chi connectivity index (χ3n) is 1.71. The number of amides is 1. The minimum atomic E-state index is -1.08. The van der Waals surface area contributed by atoms with Gasteiger partial charge in [0.15, 0.2) is 11.6 Å². The zero-order valence-corrected chi connectivity index (χ0v) is 9.73. The number of carbonyl (C=O) groups excluding carboxylic acids is 1. The first kappa shape index (κ1) is 14.3. The van der Waals surface area contributed by atoms with Gasteiger partial charge < -0.3 is 10.1 Å². The third kappa shape index (κ3) is 3.18. The highest BCUT2D eigenvalue weighted by Gasteiger charge is 2.15. The summed E-state index contributed by atoms with van der Waals surface area (Å²) in [5, 5.41) is 2.29. The van der Waals surface area contributed by atoms with Gasteiger partial charge in [0, 0.05) is 13.1 Å². The Morgan fingerprint density at radius 2 is 1.75 bits per heavy atom. The van der Waals surface area contributed by atoms with Gasteiger partial charge in [-0.25, -0.2) is 8.78 Å². The van der Waals surface area contributed by atoms with Gasteiger partial charge in [-0.05, 0) is 6.07 Å². The Hall–Kier alpha value is -1.65. The first-order chi connectivity index (χ1) is 7.60. The number of rotatable bonds is 2. The second kappa shape index (κ2) is 6.76. The van der Waals surface area contributed by atoms with E-state index in [1.165, 1.54) is 14.2 Å². The summed E-state index contributed by atoms with van der Waals surface area (Å²) in [5.41, 5.74) is -0.0334. The van der Waals surface area contributed by atoms with Crippen LogP contribution in [0, 0.1) is 11.6 Å². The van der Waals surface area contributed by atoms with Crippen LogP contribution < -0.4 is 10.1 Å². The second-order valence-electron chi connectivity index (χ2n) is 2.55. The molecule has 3 nitrogen and oxygen atoms in total. The molecule has 0 radical (unpaired) electrons. The molecule has 90 valence electrons. The fourth-order valence-electron chi connectivity index (χ4n) is 1.01. The first-order valence-electron chi connectivity index (χ1n) is 4.85. The van der Waals surface area contributed by atoms with Crippen LogP contribution in [0.4, 0.5) is 8.78 Å². The van der Waals surface area contributed by atoms with Gasteiger partial charge >= 0.3 is 0 Å². The third-order valence-corrected chi connectivity index (χ3v) is 1.71. The SMILES string of the molecule is CC.CNC(=O)c1cc(F)c(F)cc1OC. The number of carbonyl (C=O) groups is 1. The molecule has 0 aliphatic heterocycles. The summed E-state index contributed by atoms with van der Waals surface area (Å²) in [6, 6.07) is 1.63. The van der Waals surface area contributed by atoms with Gasteiger partial charge in [0.2, 0.25) is 0 Å². The van der Waals surface area contributed by atoms with Crippen molar-refractivity contribution in [3.8, 4) is 5.75 Å². The van der Waals surface area contributed by atoms with E-state index in [0.29, 0.717) is 0 Å². The number of hydrogen-bond donors (Lipinski definition) is 1. The maximum atomic E-state index is 12.8. The molecular formula is C11H15F2NO2. The summed E-state index contributed by atoms with van der Waals surface area (Å²) in [5.74, 6) is -2.65. The molecule has 0 heterocycles. The molecule has 0 fully saturated rings. The van der Waals surface area contributed by atoms with Gasteiger partial charge in [-0.1, -0.05) is 13.8 Å². The summed E-state index contributed by atoms with van der Waals surface area (Å²) in [6.45, 7) is 4.00. The first-order valence-corrected chi connectivity index (χ1v) is 4.85. The highest BCUT2D eigenvalue weighted by Crippen LogP contribution is 2.21. The van der Waals surface area contributed by atoms with Crippen molar-refractivity contribution in [1.82, 2.24) is 5.32 Å². The summed E-state index contributed by atoms with van der Waals surface area (Å²) >= 11 is 0. The molecular weight excluding hydrogens is 216 g/mol. The predicted octanol–water partition coefficient (Wildman–Crippen LogP) is 2.36. The largest absolute Gasteiger partial charge is 0.496 e. The molecule has 0 spiro atoms. The summed E-state index contributed by atoms with van der Waals surface area (Å²) in [7, 11) is 2.67. The molecule has 0 aromatic heterocycles. The Kier molecular flexibility index (Phi) is 6.07. The molecule has 1 amide bonds. The molecule has 0 unspecified atom stereocenters. The highest BCUT2D eigenvalue weighted by atomic mass is 19.2. The van der Waals surface area contributed by atoms with E-state index in [1.54, 1.807) is 0 Å². The lowest BCUT2D eigenvalue weighted by molar-refractivity contribution is 0.0959. The molecule has 1 aromatic rings. The molecule has 0 aliphatic rings. The molecule has 0 saturated carbocycles. The van der Waals surface area contributed by atoms with Crippen molar-refractivity contribution in [2.45, 2.75) is 13.8 Å². The lowest BCUT2D eigenvalue weighted by atomic mass is 10.1. The van der Waals surface area contributed by atoms with Crippen molar-refractivity contribution in [2.75, 3.05) is 14.2 Å². The fraction of sp³-hybridized carbons (Fsp3) is 0.364. The van der Waals surface area contributed by atoms with Gasteiger partial charge in [0.1, 0.15) is 5.75 Å². The molecule has 0 bridgehead atoms. The number of hydrogen-bond acceptors (Lipinski definition) is 2. The quantitative estimate of drug-likeness (QED) is 0.848. The molecule has 1 rings (SSSR count). The van der Waals surface area contributed by atoms with Gasteiger partial charge in [-0.3, -0.25) is 4.79 Å². The molecule has 5 heteroatoms. The van der Waals surface area contributed by atoms with E-state index in [-0.39, 0.29) is 11.3 Å². The van der Waals surface area contributed by atoms with E-state index in [2.05, 4.69) is 5.32 Å². The Balaban J connectivity index is 0.00000106. The summed E-state index contributed by atoms with van der Waals surface area (Å²) < 4.78 is 30.2. The number of halogens is 2. The van der Waals surface area contributed by atoms with Crippen LogP contribution in [-0.2, 0) is 0 Å². The second-order valence-corrected chi connectivity index (χ2v) is 2.55. The average Bonchev–Trinajstić information content (AvgIpc) is 2.33. The molecule has 1 aromatic carbocycles. The van der Waals surface area contributed by atoms with Crippen molar-refractivity contribution >= 4 is 5.91 Å². The highest BCUT2D eigenvalue weighted by molar-refractivity contribution is 5.96. The minimum absolute atomic E-state index is 0.00301. The van der Waals surface area contributed by atoms with E-state index in [4.69, 9.17) is 4.74 Å². The molecule has 0 saturated heterocycles. The summed E-state index contributed by atoms with van der Waals surface area (Å²) in [6.07, 6.45) is 0. The zero-order valence-electron chi connectivity index (χ0n) is 9.73. The topological polar surface area (TPSA) is 38.3 Å². The maximum Gasteiger partial charge on any atom is 0.254 e. The normalized spacial score (nSPS) is 8.88. The maximum absolute atomic E-state index is 12.8. The van der Waals surface area contributed by atoms with Crippen molar-refractivity contribution < 1.29 is 18.3 Å². The number of ether oxygens (including phenoxy) is 1. The Bertz CT molecular complexity index is 367. The Morgan fingerprint density at radius 3 is 2.19 bits per heavy atom. The van der Waals surface area contributed by atoms with Crippen LogP contribution in [-0.4, -0.2) is 20.1 Å². The number of benzene rings is 1. The molecule has 0 aliphatic carbocycles. The van der Waals surface area contributed by atoms with Crippen molar-refractivity contribution in [3.63, 3.8) is 0 Å². The van der Waals surface area contributed by atoms with Gasteiger partial charge in [0.25, 0.3) is 5.91 Å². The zero-order chi connectivity index (χ0) is 12.7. The molecule has 0 atom stereocenters. The Labute approximate surface area is 93.4 Å². The predicted molar refractivity (Wildman–Crippen MR) is 57.6 cm³/mol. The van der Waals surface area contributed by atoms with E-state index in [9.17, 15) is 13.6 Å². The Morgan fingerprint density at radius 1 is 1.25 bits per heavy atom. The van der Waals surface area contributed by atoms with Crippen LogP contribution in [0.25, 0.3) is 0 Å². The molecule has 1 N–H and O–H groups in total. The number of nitrogens with one attached hydrogen (secondary N) is 1. The van der Waals surface area contributed by atoms with Crippen molar-refractivity contribution in [2.24, 2.45) is 0 Å². The number of methoxy groups -OCH3 is 1. The summed E-state index contributed by atoms with van der Waals surface area (Å²) in [4.78, 5) is 11.2. The van der Waals surface area contributed by atoms with Crippen molar-refractivity contribution in [1.29, 1.82) is 0 Å². The smallest absolute Gasteiger partial charge is 0.254 e. The van der Waals surface area contributed by atoms with Gasteiger partial charge in [0.05, 0.1) is 12.7 Å². The fourth-order valence-corrected chi connectivity index (χ4v) is 1.01. The van der Waals surface area contributed by atoms with Crippen LogP contribution >= 0.6 is 0 Å². The average molecular weight is 231 g/mol. The van der Waals surface area contributed by atoms with Crippen LogP contribution in [0.5, 0.6) is 5.75 Å². The van der Waals surface area contributed by atoms with Crippen molar-refractivity contribution in [3.05, 3.63) is 29.3 Å². The lowest BCUT2D eigenvalue weighted by Crippen LogP contribution is -2.19. The van der Waals surface area contributed by atoms with Crippen LogP contribution in [0.1, 0.15) is 24.2 Å². The minimum Gasteiger partial charge on any atom is -0.496 e. The van der Waals surface area contributed by atoms with Crippen LogP contribution in [0.15, 0.2) is 12.1 Å². The lowest BCUT2D eigenvalue weighted by Gasteiger charge is -2.07. The van der Waals surface area contributed by atoms with Crippen LogP contribution in [0.3, 0.4) is 0 Å². The van der Waals surface area contributed by atoms with E-state index < -0.39 is 17.5 Å². The van der Waals surface area contributed by atoms with Gasteiger partial charge in [-0.2, -0.15) is 0 Å². The monoisotopic (exact) mass is 231 g/mol.